The van der Waals surface area contributed by atoms with Crippen LogP contribution < -0.4 is 5.32 Å². The molecule has 0 saturated carbocycles. The summed E-state index contributed by atoms with van der Waals surface area (Å²) in [7, 11) is 0. The molecule has 45 valence electrons. The summed E-state index contributed by atoms with van der Waals surface area (Å²) in [5, 5.41) is 11.0. The molecule has 0 aromatic carbocycles. The first-order valence-corrected chi connectivity index (χ1v) is 2.56. The van der Waals surface area contributed by atoms with Crippen molar-refractivity contribution in [2.24, 2.45) is 5.92 Å². The zero-order valence-electron chi connectivity index (χ0n) is 4.42. The van der Waals surface area contributed by atoms with Crippen molar-refractivity contribution in [2.45, 2.75) is 6.42 Å². The van der Waals surface area contributed by atoms with Crippen LogP contribution in [0.25, 0.3) is 0 Å². The van der Waals surface area contributed by atoms with Gasteiger partial charge in [0.1, 0.15) is 0 Å². The first kappa shape index (κ1) is 5.56. The van der Waals surface area contributed by atoms with Gasteiger partial charge in [-0.05, 0) is 0 Å². The number of rotatable bonds is 1. The van der Waals surface area contributed by atoms with E-state index in [9.17, 15) is 4.79 Å². The number of hydrogen-bond donors (Lipinski definition) is 2. The Balaban J connectivity index is 2.32. The second-order valence-corrected chi connectivity index (χ2v) is 1.88. The monoisotopic (exact) mass is 114 g/mol. The Morgan fingerprint density at radius 2 is 2.75 bits per heavy atom. The average Bonchev–Trinajstić information content (AvgIpc) is 2.14. The summed E-state index contributed by atoms with van der Waals surface area (Å²) in [5.41, 5.74) is 0. The van der Waals surface area contributed by atoms with E-state index in [1.807, 2.05) is 0 Å². The number of carbonyl (C=O) groups excluding carboxylic acids is 1. The molecule has 1 aliphatic rings. The smallest absolute Gasteiger partial charge is 0.220 e. The van der Waals surface area contributed by atoms with Crippen LogP contribution >= 0.6 is 0 Å². The topological polar surface area (TPSA) is 49.3 Å². The van der Waals surface area contributed by atoms with Crippen molar-refractivity contribution < 1.29 is 9.90 Å². The normalized spacial score (nSPS) is 28.1. The van der Waals surface area contributed by atoms with Crippen molar-refractivity contribution in [3.8, 4) is 0 Å². The summed E-state index contributed by atoms with van der Waals surface area (Å²) >= 11 is 0. The molecule has 3 heteroatoms. The quantitative estimate of drug-likeness (QED) is 0.472. The number of aliphatic hydroxyl groups excluding tert-OH is 1. The fourth-order valence-electron chi connectivity index (χ4n) is 0.684. The molecule has 0 aromatic rings. The molecular weight excluding hydrogens is 106 g/mol. The Bertz CT molecular complexity index is 103. The summed E-state index contributed by atoms with van der Waals surface area (Å²) in [6.45, 7) is 1.70. The molecule has 0 aliphatic carbocycles. The van der Waals surface area contributed by atoms with Gasteiger partial charge in [0.05, 0.1) is 6.54 Å². The molecule has 3 nitrogen and oxygen atoms in total. The molecule has 1 rings (SSSR count). The molecule has 0 aromatic heterocycles. The van der Waals surface area contributed by atoms with Gasteiger partial charge in [0.25, 0.3) is 0 Å². The molecule has 1 amide bonds. The fourth-order valence-corrected chi connectivity index (χ4v) is 0.684. The number of nitrogens with one attached hydrogen (secondary N) is 1. The molecular formula is C5H8NO2. The van der Waals surface area contributed by atoms with Gasteiger partial charge in [-0.25, -0.2) is 0 Å². The van der Waals surface area contributed by atoms with Gasteiger partial charge in [0.15, 0.2) is 0 Å². The molecule has 1 radical (unpaired) electrons. The molecule has 1 unspecified atom stereocenters. The molecule has 8 heavy (non-hydrogen) atoms. The highest BCUT2D eigenvalue weighted by atomic mass is 16.3. The van der Waals surface area contributed by atoms with E-state index in [0.717, 1.165) is 0 Å². The third kappa shape index (κ3) is 0.980. The van der Waals surface area contributed by atoms with Gasteiger partial charge in [0, 0.05) is 18.9 Å². The maximum atomic E-state index is 10.4. The number of amides is 1. The van der Waals surface area contributed by atoms with Gasteiger partial charge in [-0.2, -0.15) is 0 Å². The summed E-state index contributed by atoms with van der Waals surface area (Å²) in [4.78, 5) is 10.4. The van der Waals surface area contributed by atoms with Gasteiger partial charge in [-0.3, -0.25) is 4.79 Å². The standard InChI is InChI=1S/C5H8NO2/c7-3-4-1-5(8)6-2-4/h2,4,7H,1,3H2,(H,6,8). The van der Waals surface area contributed by atoms with Crippen LogP contribution in [0.3, 0.4) is 0 Å². The van der Waals surface area contributed by atoms with Crippen molar-refractivity contribution in [1.82, 2.24) is 5.32 Å². The van der Waals surface area contributed by atoms with E-state index in [-0.39, 0.29) is 18.4 Å². The lowest BCUT2D eigenvalue weighted by Gasteiger charge is -1.95. The van der Waals surface area contributed by atoms with E-state index < -0.39 is 0 Å². The molecule has 1 saturated heterocycles. The first-order chi connectivity index (χ1) is 3.83. The fraction of sp³-hybridized carbons (Fsp3) is 0.600. The Labute approximate surface area is 47.7 Å². The van der Waals surface area contributed by atoms with Crippen molar-refractivity contribution in [2.75, 3.05) is 6.61 Å². The molecule has 1 heterocycles. The summed E-state index contributed by atoms with van der Waals surface area (Å²) in [5.74, 6) is 0.0477. The summed E-state index contributed by atoms with van der Waals surface area (Å²) in [6.07, 6.45) is 0.441. The number of aliphatic hydroxyl groups is 1. The van der Waals surface area contributed by atoms with E-state index >= 15 is 0 Å². The minimum absolute atomic E-state index is 0.00375. The average molecular weight is 114 g/mol. The highest BCUT2D eigenvalue weighted by Crippen LogP contribution is 2.10. The number of hydrogen-bond acceptors (Lipinski definition) is 2. The molecule has 0 bridgehead atoms. The second kappa shape index (κ2) is 2.13. The third-order valence-electron chi connectivity index (χ3n) is 1.16. The van der Waals surface area contributed by atoms with Crippen molar-refractivity contribution in [3.63, 3.8) is 0 Å². The molecule has 1 aliphatic heterocycles. The van der Waals surface area contributed by atoms with E-state index in [4.69, 9.17) is 5.11 Å². The van der Waals surface area contributed by atoms with E-state index in [2.05, 4.69) is 5.32 Å². The SMILES string of the molecule is O=C1CC(CO)[CH]N1. The Morgan fingerprint density at radius 3 is 3.00 bits per heavy atom. The van der Waals surface area contributed by atoms with Crippen LogP contribution in [0, 0.1) is 12.5 Å². The van der Waals surface area contributed by atoms with E-state index in [0.29, 0.717) is 6.42 Å². The predicted molar refractivity (Wildman–Crippen MR) is 27.6 cm³/mol. The summed E-state index contributed by atoms with van der Waals surface area (Å²) < 4.78 is 0. The number of carbonyl (C=O) groups is 1. The van der Waals surface area contributed by atoms with Crippen molar-refractivity contribution in [3.05, 3.63) is 6.54 Å². The van der Waals surface area contributed by atoms with Crippen LogP contribution in [0.1, 0.15) is 6.42 Å². The predicted octanol–water partition coefficient (Wildman–Crippen LogP) is -0.723. The lowest BCUT2D eigenvalue weighted by Crippen LogP contribution is -2.09. The molecule has 2 N–H and O–H groups in total. The highest BCUT2D eigenvalue weighted by Gasteiger charge is 2.20. The van der Waals surface area contributed by atoms with Crippen LogP contribution in [-0.4, -0.2) is 17.6 Å². The van der Waals surface area contributed by atoms with Crippen LogP contribution in [0.5, 0.6) is 0 Å². The zero-order chi connectivity index (χ0) is 5.98. The second-order valence-electron chi connectivity index (χ2n) is 1.88. The molecule has 1 atom stereocenters. The van der Waals surface area contributed by atoms with Gasteiger partial charge in [-0.15, -0.1) is 0 Å². The molecule has 1 fully saturated rings. The van der Waals surface area contributed by atoms with Crippen LogP contribution in [-0.2, 0) is 4.79 Å². The van der Waals surface area contributed by atoms with Crippen molar-refractivity contribution in [1.29, 1.82) is 0 Å². The van der Waals surface area contributed by atoms with Gasteiger partial charge < -0.3 is 10.4 Å². The highest BCUT2D eigenvalue weighted by molar-refractivity contribution is 5.79. The Kier molecular flexibility index (Phi) is 1.48. The van der Waals surface area contributed by atoms with Crippen LogP contribution in [0.4, 0.5) is 0 Å². The third-order valence-corrected chi connectivity index (χ3v) is 1.16. The maximum Gasteiger partial charge on any atom is 0.220 e. The summed E-state index contributed by atoms with van der Waals surface area (Å²) in [6, 6.07) is 0. The molecule has 0 spiro atoms. The van der Waals surface area contributed by atoms with Crippen LogP contribution in [0.15, 0.2) is 0 Å². The Morgan fingerprint density at radius 1 is 2.00 bits per heavy atom. The zero-order valence-corrected chi connectivity index (χ0v) is 4.42. The lowest BCUT2D eigenvalue weighted by atomic mass is 10.1. The minimum Gasteiger partial charge on any atom is -0.396 e. The Hall–Kier alpha value is -0.570. The maximum absolute atomic E-state index is 10.4. The van der Waals surface area contributed by atoms with Crippen molar-refractivity contribution >= 4 is 5.91 Å². The van der Waals surface area contributed by atoms with Gasteiger partial charge in [0.2, 0.25) is 5.91 Å². The minimum atomic E-state index is 0.00375. The van der Waals surface area contributed by atoms with Gasteiger partial charge in [-0.1, -0.05) is 0 Å². The van der Waals surface area contributed by atoms with Gasteiger partial charge >= 0.3 is 0 Å². The lowest BCUT2D eigenvalue weighted by molar-refractivity contribution is -0.119. The van der Waals surface area contributed by atoms with E-state index in [1.54, 1.807) is 6.54 Å². The largest absolute Gasteiger partial charge is 0.396 e. The van der Waals surface area contributed by atoms with Crippen LogP contribution in [0.2, 0.25) is 0 Å². The first-order valence-electron chi connectivity index (χ1n) is 2.56. The van der Waals surface area contributed by atoms with E-state index in [1.165, 1.54) is 0 Å².